The van der Waals surface area contributed by atoms with E-state index in [9.17, 15) is 43.2 Å². The first-order chi connectivity index (χ1) is 49.7. The van der Waals surface area contributed by atoms with Crippen molar-refractivity contribution in [2.75, 3.05) is 39.6 Å². The maximum Gasteiger partial charge on any atom is 0.472 e. The lowest BCUT2D eigenvalue weighted by Crippen LogP contribution is -2.30. The molecule has 0 bridgehead atoms. The first-order valence-electron chi connectivity index (χ1n) is 39.4. The lowest BCUT2D eigenvalue weighted by molar-refractivity contribution is -0.161. The number of unbranched alkanes of at least 4 members (excludes halogenated alkanes) is 25. The summed E-state index contributed by atoms with van der Waals surface area (Å²) in [4.78, 5) is 72.9. The third-order valence-electron chi connectivity index (χ3n) is 16.1. The summed E-state index contributed by atoms with van der Waals surface area (Å²) in [5, 5.41) is 10.6. The second kappa shape index (κ2) is 74.5. The van der Waals surface area contributed by atoms with Gasteiger partial charge in [0.1, 0.15) is 19.3 Å². The SMILES string of the molecule is CC/C=C\C/C=C\C/C=C\C/C=C\CCCCC(=O)OCC(COP(=O)(O)OCC(O)COP(=O)(O)OCC(COC(=O)CCCCCCCC/C=C\C/C=C\C/C=C\CCCCC)OC(=O)CCCCCCCCC/C=C\C/C=C\C/C=C\CC)OC(=O)CCCCCCC/C=C\CCCC. The van der Waals surface area contributed by atoms with Crippen molar-refractivity contribution < 1.29 is 80.2 Å². The van der Waals surface area contributed by atoms with E-state index in [-0.39, 0.29) is 25.7 Å². The van der Waals surface area contributed by atoms with Crippen molar-refractivity contribution in [2.45, 2.75) is 329 Å². The molecule has 0 fully saturated rings. The summed E-state index contributed by atoms with van der Waals surface area (Å²) in [7, 11) is -9.98. The van der Waals surface area contributed by atoms with E-state index in [0.717, 1.165) is 199 Å². The van der Waals surface area contributed by atoms with E-state index in [4.69, 9.17) is 37.0 Å². The van der Waals surface area contributed by atoms with E-state index in [0.29, 0.717) is 25.7 Å². The number of esters is 4. The molecule has 0 radical (unpaired) electrons. The fourth-order valence-corrected chi connectivity index (χ4v) is 11.7. The third-order valence-corrected chi connectivity index (χ3v) is 18.0. The smallest absolute Gasteiger partial charge is 0.462 e. The Morgan fingerprint density at radius 1 is 0.284 bits per heavy atom. The normalized spacial score (nSPS) is 14.6. The fourth-order valence-electron chi connectivity index (χ4n) is 10.1. The molecule has 0 aliphatic carbocycles. The summed E-state index contributed by atoms with van der Waals surface area (Å²) in [6.07, 6.45) is 83.0. The molecule has 0 saturated carbocycles. The Bertz CT molecular complexity index is 2460. The number of aliphatic hydroxyl groups excluding tert-OH is 1. The minimum absolute atomic E-state index is 0.0724. The molecule has 5 unspecified atom stereocenters. The lowest BCUT2D eigenvalue weighted by atomic mass is 10.1. The number of allylic oxidation sites excluding steroid dienone is 22. The van der Waals surface area contributed by atoms with Crippen LogP contribution in [0, 0.1) is 0 Å². The Morgan fingerprint density at radius 2 is 0.520 bits per heavy atom. The highest BCUT2D eigenvalue weighted by Crippen LogP contribution is 2.45. The van der Waals surface area contributed by atoms with E-state index < -0.39 is 97.5 Å². The van der Waals surface area contributed by atoms with Gasteiger partial charge in [0.05, 0.1) is 26.4 Å². The first-order valence-corrected chi connectivity index (χ1v) is 42.4. The summed E-state index contributed by atoms with van der Waals surface area (Å²) in [6.45, 7) is 4.50. The van der Waals surface area contributed by atoms with Gasteiger partial charge in [-0.3, -0.25) is 37.3 Å². The second-order valence-electron chi connectivity index (χ2n) is 25.9. The van der Waals surface area contributed by atoms with Gasteiger partial charge in [0, 0.05) is 25.7 Å². The molecule has 0 saturated heterocycles. The minimum Gasteiger partial charge on any atom is -0.462 e. The molecule has 0 aromatic rings. The molecule has 0 amide bonds. The Balaban J connectivity index is 5.38. The quantitative estimate of drug-likeness (QED) is 0.0169. The average Bonchev–Trinajstić information content (AvgIpc) is 0.934. The average molecular weight is 1470 g/mol. The van der Waals surface area contributed by atoms with Crippen molar-refractivity contribution in [2.24, 2.45) is 0 Å². The van der Waals surface area contributed by atoms with Gasteiger partial charge in [-0.05, 0) is 154 Å². The largest absolute Gasteiger partial charge is 0.472 e. The van der Waals surface area contributed by atoms with Gasteiger partial charge in [-0.25, -0.2) is 9.13 Å². The molecule has 0 heterocycles. The zero-order chi connectivity index (χ0) is 74.6. The van der Waals surface area contributed by atoms with Crippen molar-refractivity contribution in [3.8, 4) is 0 Å². The van der Waals surface area contributed by atoms with E-state index >= 15 is 0 Å². The summed E-state index contributed by atoms with van der Waals surface area (Å²) in [5.41, 5.74) is 0. The highest BCUT2D eigenvalue weighted by Gasteiger charge is 2.30. The van der Waals surface area contributed by atoms with Gasteiger partial charge in [-0.1, -0.05) is 264 Å². The summed E-state index contributed by atoms with van der Waals surface area (Å²) >= 11 is 0. The molecule has 5 atom stereocenters. The minimum atomic E-state index is -4.99. The number of hydrogen-bond donors (Lipinski definition) is 3. The van der Waals surface area contributed by atoms with Crippen molar-refractivity contribution in [3.63, 3.8) is 0 Å². The molecule has 0 aromatic heterocycles. The van der Waals surface area contributed by atoms with Crippen LogP contribution < -0.4 is 0 Å². The van der Waals surface area contributed by atoms with E-state index in [2.05, 4.69) is 161 Å². The van der Waals surface area contributed by atoms with Gasteiger partial charge < -0.3 is 33.8 Å². The first kappa shape index (κ1) is 97.2. The highest BCUT2D eigenvalue weighted by atomic mass is 31.2. The number of hydrogen-bond acceptors (Lipinski definition) is 15. The molecule has 102 heavy (non-hydrogen) atoms. The molecule has 0 aliphatic heterocycles. The second-order valence-corrected chi connectivity index (χ2v) is 28.8. The summed E-state index contributed by atoms with van der Waals surface area (Å²) < 4.78 is 68.5. The van der Waals surface area contributed by atoms with Gasteiger partial charge >= 0.3 is 39.5 Å². The number of ether oxygens (including phenoxy) is 4. The van der Waals surface area contributed by atoms with E-state index in [1.165, 1.54) is 32.1 Å². The Hall–Kier alpha value is -4.80. The van der Waals surface area contributed by atoms with Crippen LogP contribution in [0.2, 0.25) is 0 Å². The predicted molar refractivity (Wildman–Crippen MR) is 418 cm³/mol. The van der Waals surface area contributed by atoms with Crippen molar-refractivity contribution in [1.29, 1.82) is 0 Å². The maximum atomic E-state index is 13.1. The van der Waals surface area contributed by atoms with Crippen LogP contribution in [-0.2, 0) is 65.4 Å². The number of carbonyl (C=O) groups is 4. The molecule has 584 valence electrons. The van der Waals surface area contributed by atoms with Crippen LogP contribution in [0.15, 0.2) is 134 Å². The van der Waals surface area contributed by atoms with Gasteiger partial charge in [-0.15, -0.1) is 0 Å². The third kappa shape index (κ3) is 73.5. The summed E-state index contributed by atoms with van der Waals surface area (Å²) in [5.74, 6) is -2.26. The fraction of sp³-hybridized carbons (Fsp3) is 0.687. The topological polar surface area (TPSA) is 237 Å². The van der Waals surface area contributed by atoms with Gasteiger partial charge in [0.15, 0.2) is 12.2 Å². The van der Waals surface area contributed by atoms with Crippen LogP contribution in [0.4, 0.5) is 0 Å². The molecule has 19 heteroatoms. The number of carbonyl (C=O) groups excluding carboxylic acids is 4. The molecule has 17 nitrogen and oxygen atoms in total. The van der Waals surface area contributed by atoms with Crippen LogP contribution in [0.25, 0.3) is 0 Å². The molecule has 0 aromatic carbocycles. The van der Waals surface area contributed by atoms with Crippen LogP contribution in [0.3, 0.4) is 0 Å². The van der Waals surface area contributed by atoms with Crippen molar-refractivity contribution in [1.82, 2.24) is 0 Å². The van der Waals surface area contributed by atoms with Crippen LogP contribution in [-0.4, -0.2) is 96.7 Å². The molecule has 0 spiro atoms. The van der Waals surface area contributed by atoms with Gasteiger partial charge in [-0.2, -0.15) is 0 Å². The zero-order valence-electron chi connectivity index (χ0n) is 63.7. The number of rotatable bonds is 73. The molecule has 3 N–H and O–H groups in total. The van der Waals surface area contributed by atoms with Crippen LogP contribution in [0.5, 0.6) is 0 Å². The molecule has 0 aliphatic rings. The Morgan fingerprint density at radius 3 is 0.843 bits per heavy atom. The zero-order valence-corrected chi connectivity index (χ0v) is 65.5. The number of aliphatic hydroxyl groups is 1. The highest BCUT2D eigenvalue weighted by molar-refractivity contribution is 7.47. The Labute approximate surface area is 618 Å². The molecule has 0 rings (SSSR count). The molecular formula is C83H140O17P2. The summed E-state index contributed by atoms with van der Waals surface area (Å²) in [6, 6.07) is 0. The van der Waals surface area contributed by atoms with Crippen molar-refractivity contribution in [3.05, 3.63) is 134 Å². The van der Waals surface area contributed by atoms with Crippen molar-refractivity contribution >= 4 is 39.5 Å². The van der Waals surface area contributed by atoms with E-state index in [1.54, 1.807) is 0 Å². The van der Waals surface area contributed by atoms with Crippen LogP contribution >= 0.6 is 15.6 Å². The van der Waals surface area contributed by atoms with Gasteiger partial charge in [0.25, 0.3) is 0 Å². The maximum absolute atomic E-state index is 13.1. The predicted octanol–water partition coefficient (Wildman–Crippen LogP) is 22.9. The number of phosphoric ester groups is 2. The van der Waals surface area contributed by atoms with Gasteiger partial charge in [0.2, 0.25) is 0 Å². The molecular weight excluding hydrogens is 1330 g/mol. The number of phosphoric acid groups is 2. The lowest BCUT2D eigenvalue weighted by Gasteiger charge is -2.21. The monoisotopic (exact) mass is 1470 g/mol. The van der Waals surface area contributed by atoms with Crippen LogP contribution in [0.1, 0.15) is 310 Å². The Kier molecular flexibility index (Phi) is 71.0. The van der Waals surface area contributed by atoms with E-state index in [1.807, 2.05) is 0 Å². The standard InChI is InChI=1S/C83H140O17P2/c1-5-9-13-17-21-25-29-32-35-37-38-40-42-45-49-52-56-60-64-68-81(86)94-74-79(100-83(88)70-66-62-58-54-50-46-43-39-36-33-30-26-22-18-14-10-6-2)76-98-102(91,92)96-72-77(84)71-95-101(89,90)97-75-78(99-82(87)69-65-61-57-53-47-28-24-20-16-12-8-4)73-93-80(85)67-63-59-55-51-48-44-41-34-31-27-23-19-15-11-7-3/h10-11,14-15,20-27,32-36,38,40-41,48,51,77-79,84H,5-9,12-13,16-19,28-31,37,39,42-47,49-50,52-76H2,1-4H3,(H,89,90)(H,91,92)/b14-10-,15-11-,24-20-,25-21-,26-22-,27-23-,35-32-,36-33-,40-38-,41-34-,51-48-.